The van der Waals surface area contributed by atoms with Gasteiger partial charge in [0.2, 0.25) is 5.95 Å². The van der Waals surface area contributed by atoms with Crippen LogP contribution in [0.3, 0.4) is 0 Å². The van der Waals surface area contributed by atoms with Crippen LogP contribution in [-0.4, -0.2) is 108 Å². The van der Waals surface area contributed by atoms with E-state index >= 15 is 4.39 Å². The van der Waals surface area contributed by atoms with Crippen LogP contribution in [0.25, 0.3) is 16.2 Å². The highest BCUT2D eigenvalue weighted by Crippen LogP contribution is 2.32. The molecular formula is C31H31F2N9O3. The van der Waals surface area contributed by atoms with Crippen molar-refractivity contribution in [1.82, 2.24) is 24.8 Å². The molecular weight excluding hydrogens is 584 g/mol. The largest absolute Gasteiger partial charge is 0.483 e. The van der Waals surface area contributed by atoms with Crippen molar-refractivity contribution >= 4 is 23.2 Å². The van der Waals surface area contributed by atoms with E-state index in [-0.39, 0.29) is 54.7 Å². The SMILES string of the molecule is [C-]#[N+]CC(=O)N1CC[C@H](Oc2c(F)cc(-c3ncnc(Nc4ccc(N5CCN(C6COC6)CC5)cc4)n3)cc2C#N)[C@H](F)C1. The fourth-order valence-corrected chi connectivity index (χ4v) is 5.65. The van der Waals surface area contributed by atoms with Gasteiger partial charge >= 0.3 is 5.91 Å². The summed E-state index contributed by atoms with van der Waals surface area (Å²) < 4.78 is 41.1. The number of nitrogens with one attached hydrogen (secondary N) is 1. The number of likely N-dealkylation sites (tertiary alicyclic amines) is 1. The number of halogens is 2. The van der Waals surface area contributed by atoms with Crippen LogP contribution in [0.1, 0.15) is 12.0 Å². The van der Waals surface area contributed by atoms with E-state index in [2.05, 4.69) is 34.9 Å². The molecule has 3 saturated heterocycles. The molecule has 0 radical (unpaired) electrons. The van der Waals surface area contributed by atoms with Crippen molar-refractivity contribution in [3.8, 4) is 23.2 Å². The van der Waals surface area contributed by atoms with Crippen LogP contribution in [0.15, 0.2) is 42.7 Å². The molecule has 0 unspecified atom stereocenters. The van der Waals surface area contributed by atoms with E-state index in [1.807, 2.05) is 30.3 Å². The van der Waals surface area contributed by atoms with Crippen molar-refractivity contribution in [2.45, 2.75) is 24.7 Å². The van der Waals surface area contributed by atoms with E-state index in [0.717, 1.165) is 56.8 Å². The molecule has 1 aromatic heterocycles. The van der Waals surface area contributed by atoms with E-state index in [0.29, 0.717) is 6.04 Å². The fraction of sp³-hybridized carbons (Fsp3) is 0.419. The lowest BCUT2D eigenvalue weighted by atomic mass is 10.0. The molecule has 232 valence electrons. The van der Waals surface area contributed by atoms with Crippen LogP contribution >= 0.6 is 0 Å². The number of benzene rings is 2. The zero-order valence-electron chi connectivity index (χ0n) is 24.4. The predicted octanol–water partition coefficient (Wildman–Crippen LogP) is 3.05. The second-order valence-electron chi connectivity index (χ2n) is 11.1. The molecule has 0 saturated carbocycles. The lowest BCUT2D eigenvalue weighted by Gasteiger charge is -2.43. The molecule has 12 nitrogen and oxygen atoms in total. The molecule has 2 aromatic carbocycles. The number of alkyl halides is 1. The molecule has 2 atom stereocenters. The Morgan fingerprint density at radius 1 is 1.16 bits per heavy atom. The van der Waals surface area contributed by atoms with Gasteiger partial charge in [-0.2, -0.15) is 10.2 Å². The Kier molecular flexibility index (Phi) is 8.96. The summed E-state index contributed by atoms with van der Waals surface area (Å²) in [4.78, 5) is 33.8. The molecule has 0 aliphatic carbocycles. The van der Waals surface area contributed by atoms with Crippen LogP contribution in [0.5, 0.6) is 5.75 Å². The average Bonchev–Trinajstić information content (AvgIpc) is 3.03. The summed E-state index contributed by atoms with van der Waals surface area (Å²) in [6.07, 6.45) is -1.28. The highest BCUT2D eigenvalue weighted by molar-refractivity contribution is 5.79. The van der Waals surface area contributed by atoms with E-state index in [1.54, 1.807) is 0 Å². The summed E-state index contributed by atoms with van der Waals surface area (Å²) in [5.41, 5.74) is 1.97. The summed E-state index contributed by atoms with van der Waals surface area (Å²) in [5.74, 6) is -1.33. The third-order valence-electron chi connectivity index (χ3n) is 8.25. The standard InChI is InChI=1S/C31H31F2N9O3/c1-35-15-28(43)42-7-6-27(26(33)16-42)45-29-21(14-34)12-20(13-25(29)32)30-36-19-37-31(39-30)38-22-2-4-23(5-3-22)40-8-10-41(11-9-40)24-17-44-18-24/h2-5,12-13,19,24,26-27H,6-11,15-18H2,(H,36,37,38,39)/t26-,27+/m1/s1. The highest BCUT2D eigenvalue weighted by Gasteiger charge is 2.35. The Hall–Kier alpha value is -4.92. The zero-order valence-corrected chi connectivity index (χ0v) is 24.4. The number of piperidine rings is 1. The van der Waals surface area contributed by atoms with Crippen LogP contribution in [0.2, 0.25) is 0 Å². The number of piperazine rings is 1. The van der Waals surface area contributed by atoms with E-state index in [9.17, 15) is 14.4 Å². The second kappa shape index (κ2) is 13.4. The lowest BCUT2D eigenvalue weighted by molar-refractivity contribution is -0.132. The summed E-state index contributed by atoms with van der Waals surface area (Å²) >= 11 is 0. The van der Waals surface area contributed by atoms with Gasteiger partial charge in [0.05, 0.1) is 31.4 Å². The number of carbonyl (C=O) groups is 1. The molecule has 3 fully saturated rings. The first-order valence-electron chi connectivity index (χ1n) is 14.7. The van der Waals surface area contributed by atoms with Crippen LogP contribution < -0.4 is 15.0 Å². The molecule has 0 bridgehead atoms. The van der Waals surface area contributed by atoms with Crippen molar-refractivity contribution in [2.75, 3.05) is 69.2 Å². The van der Waals surface area contributed by atoms with Crippen LogP contribution in [-0.2, 0) is 9.53 Å². The van der Waals surface area contributed by atoms with Gasteiger partial charge in [-0.25, -0.2) is 25.3 Å². The normalized spacial score (nSPS) is 20.5. The number of anilines is 3. The Labute approximate surface area is 259 Å². The monoisotopic (exact) mass is 615 g/mol. The van der Waals surface area contributed by atoms with E-state index in [1.165, 1.54) is 17.3 Å². The lowest BCUT2D eigenvalue weighted by Crippen LogP contribution is -2.56. The quantitative estimate of drug-likeness (QED) is 0.378. The molecule has 6 rings (SSSR count). The number of nitrogens with zero attached hydrogens (tertiary/aromatic N) is 8. The van der Waals surface area contributed by atoms with Gasteiger partial charge in [-0.05, 0) is 36.4 Å². The number of amides is 1. The molecule has 3 aliphatic heterocycles. The Bertz CT molecular complexity index is 1620. The van der Waals surface area contributed by atoms with Crippen molar-refractivity contribution in [3.63, 3.8) is 0 Å². The summed E-state index contributed by atoms with van der Waals surface area (Å²) in [5, 5.41) is 12.9. The fourth-order valence-electron chi connectivity index (χ4n) is 5.65. The molecule has 1 N–H and O–H groups in total. The van der Waals surface area contributed by atoms with E-state index < -0.39 is 24.0 Å². The maximum atomic E-state index is 15.3. The average molecular weight is 616 g/mol. The van der Waals surface area contributed by atoms with Gasteiger partial charge in [0.25, 0.3) is 6.54 Å². The number of nitriles is 1. The number of rotatable bonds is 8. The number of carbonyl (C=O) groups excluding carboxylic acids is 1. The Morgan fingerprint density at radius 3 is 2.60 bits per heavy atom. The van der Waals surface area contributed by atoms with Gasteiger partial charge in [0.1, 0.15) is 18.5 Å². The maximum Gasteiger partial charge on any atom is 0.302 e. The minimum absolute atomic E-state index is 0.0906. The zero-order chi connectivity index (χ0) is 31.3. The van der Waals surface area contributed by atoms with Gasteiger partial charge in [0, 0.05) is 56.1 Å². The highest BCUT2D eigenvalue weighted by atomic mass is 19.1. The minimum Gasteiger partial charge on any atom is -0.483 e. The number of ether oxygens (including phenoxy) is 2. The van der Waals surface area contributed by atoms with Crippen molar-refractivity contribution in [2.24, 2.45) is 0 Å². The predicted molar refractivity (Wildman–Crippen MR) is 160 cm³/mol. The van der Waals surface area contributed by atoms with Crippen LogP contribution in [0, 0.1) is 23.7 Å². The molecule has 1 amide bonds. The van der Waals surface area contributed by atoms with Gasteiger partial charge in [-0.15, -0.1) is 0 Å². The molecule has 14 heteroatoms. The number of hydrogen-bond donors (Lipinski definition) is 1. The van der Waals surface area contributed by atoms with Gasteiger partial charge in [-0.3, -0.25) is 9.69 Å². The first kappa shape index (κ1) is 30.1. The van der Waals surface area contributed by atoms with Gasteiger partial charge < -0.3 is 29.4 Å². The van der Waals surface area contributed by atoms with Gasteiger partial charge in [-0.1, -0.05) is 0 Å². The molecule has 3 aromatic rings. The minimum atomic E-state index is -1.61. The smallest absolute Gasteiger partial charge is 0.302 e. The summed E-state index contributed by atoms with van der Waals surface area (Å²) in [6.45, 7) is 11.9. The van der Waals surface area contributed by atoms with Gasteiger partial charge in [0.15, 0.2) is 23.6 Å². The molecule has 3 aliphatic rings. The first-order chi connectivity index (χ1) is 21.9. The maximum absolute atomic E-state index is 15.3. The molecule has 0 spiro atoms. The van der Waals surface area contributed by atoms with Crippen molar-refractivity contribution in [3.05, 3.63) is 65.5 Å². The first-order valence-corrected chi connectivity index (χ1v) is 14.7. The molecule has 4 heterocycles. The third-order valence-corrected chi connectivity index (χ3v) is 8.25. The van der Waals surface area contributed by atoms with Crippen molar-refractivity contribution in [1.29, 1.82) is 5.26 Å². The van der Waals surface area contributed by atoms with Crippen molar-refractivity contribution < 1.29 is 23.0 Å². The topological polar surface area (TPSA) is 124 Å². The molecule has 45 heavy (non-hydrogen) atoms. The summed E-state index contributed by atoms with van der Waals surface area (Å²) in [7, 11) is 0. The number of aromatic nitrogens is 3. The van der Waals surface area contributed by atoms with Crippen LogP contribution in [0.4, 0.5) is 26.1 Å². The number of hydrogen-bond acceptors (Lipinski definition) is 10. The Balaban J connectivity index is 1.10. The third kappa shape index (κ3) is 6.77. The van der Waals surface area contributed by atoms with E-state index in [4.69, 9.17) is 16.0 Å². The second-order valence-corrected chi connectivity index (χ2v) is 11.1. The summed E-state index contributed by atoms with van der Waals surface area (Å²) in [6, 6.07) is 12.9. The Morgan fingerprint density at radius 2 is 1.93 bits per heavy atom.